The average molecular weight is 232 g/mol. The molecule has 1 N–H and O–H groups in total. The van der Waals surface area contributed by atoms with E-state index >= 15 is 0 Å². The third-order valence-electron chi connectivity index (χ3n) is 3.16. The van der Waals surface area contributed by atoms with E-state index in [-0.39, 0.29) is 5.91 Å². The van der Waals surface area contributed by atoms with Gasteiger partial charge in [-0.1, -0.05) is 6.07 Å². The van der Waals surface area contributed by atoms with Crippen LogP contribution in [0.1, 0.15) is 31.7 Å². The lowest BCUT2D eigenvalue weighted by Crippen LogP contribution is -2.30. The second kappa shape index (κ2) is 5.21. The predicted molar refractivity (Wildman–Crippen MR) is 71.5 cm³/mol. The van der Waals surface area contributed by atoms with Crippen LogP contribution in [-0.4, -0.2) is 19.0 Å². The number of piperidine rings is 1. The third kappa shape index (κ3) is 2.99. The lowest BCUT2D eigenvalue weighted by atomic mass is 10.1. The Hall–Kier alpha value is -1.51. The molecule has 0 bridgehead atoms. The molecule has 0 saturated carbocycles. The first kappa shape index (κ1) is 12.0. The van der Waals surface area contributed by atoms with Crippen LogP contribution in [0, 0.1) is 6.92 Å². The smallest absolute Gasteiger partial charge is 0.221 e. The van der Waals surface area contributed by atoms with E-state index in [2.05, 4.69) is 22.3 Å². The number of aryl methyl sites for hydroxylation is 1. The van der Waals surface area contributed by atoms with Crippen molar-refractivity contribution in [2.75, 3.05) is 23.3 Å². The molecule has 2 rings (SSSR count). The molecule has 1 aliphatic heterocycles. The van der Waals surface area contributed by atoms with Gasteiger partial charge in [0.05, 0.1) is 11.4 Å². The van der Waals surface area contributed by atoms with E-state index in [0.717, 1.165) is 24.5 Å². The quantitative estimate of drug-likeness (QED) is 0.850. The van der Waals surface area contributed by atoms with Crippen molar-refractivity contribution in [3.63, 3.8) is 0 Å². The van der Waals surface area contributed by atoms with Gasteiger partial charge in [0, 0.05) is 20.0 Å². The van der Waals surface area contributed by atoms with Crippen molar-refractivity contribution in [3.8, 4) is 0 Å². The molecule has 1 aromatic carbocycles. The SMILES string of the molecule is CC(=O)Nc1cc(C)ccc1N1CCCCC1. The topological polar surface area (TPSA) is 32.3 Å². The summed E-state index contributed by atoms with van der Waals surface area (Å²) in [6.45, 7) is 5.79. The molecule has 3 heteroatoms. The van der Waals surface area contributed by atoms with E-state index in [9.17, 15) is 4.79 Å². The van der Waals surface area contributed by atoms with Gasteiger partial charge in [-0.25, -0.2) is 0 Å². The van der Waals surface area contributed by atoms with E-state index < -0.39 is 0 Å². The second-order valence-corrected chi connectivity index (χ2v) is 4.75. The number of amides is 1. The molecule has 1 aliphatic rings. The fourth-order valence-electron chi connectivity index (χ4n) is 2.35. The molecular formula is C14H20N2O. The molecule has 0 spiro atoms. The minimum absolute atomic E-state index is 0.00569. The minimum Gasteiger partial charge on any atom is -0.370 e. The van der Waals surface area contributed by atoms with Gasteiger partial charge < -0.3 is 10.2 Å². The zero-order valence-corrected chi connectivity index (χ0v) is 10.6. The van der Waals surface area contributed by atoms with Crippen LogP contribution in [0.3, 0.4) is 0 Å². The summed E-state index contributed by atoms with van der Waals surface area (Å²) < 4.78 is 0. The van der Waals surface area contributed by atoms with Gasteiger partial charge in [0.2, 0.25) is 5.91 Å². The molecule has 1 aromatic rings. The zero-order chi connectivity index (χ0) is 12.3. The first-order valence-electron chi connectivity index (χ1n) is 6.30. The highest BCUT2D eigenvalue weighted by atomic mass is 16.1. The molecule has 1 heterocycles. The standard InChI is InChI=1S/C14H20N2O/c1-11-6-7-14(13(10-11)15-12(2)17)16-8-4-3-5-9-16/h6-7,10H,3-5,8-9H2,1-2H3,(H,15,17). The first-order chi connectivity index (χ1) is 8.16. The number of carbonyl (C=O) groups excluding carboxylic acids is 1. The van der Waals surface area contributed by atoms with Crippen molar-refractivity contribution in [2.24, 2.45) is 0 Å². The van der Waals surface area contributed by atoms with Crippen LogP contribution in [0.2, 0.25) is 0 Å². The van der Waals surface area contributed by atoms with Gasteiger partial charge in [-0.3, -0.25) is 4.79 Å². The Balaban J connectivity index is 2.27. The number of nitrogens with one attached hydrogen (secondary N) is 1. The van der Waals surface area contributed by atoms with E-state index in [0.29, 0.717) is 0 Å². The van der Waals surface area contributed by atoms with Gasteiger partial charge in [0.1, 0.15) is 0 Å². The van der Waals surface area contributed by atoms with E-state index in [1.165, 1.54) is 24.8 Å². The summed E-state index contributed by atoms with van der Waals surface area (Å²) in [6, 6.07) is 6.27. The number of carbonyl (C=O) groups is 1. The van der Waals surface area contributed by atoms with E-state index in [1.807, 2.05) is 13.0 Å². The highest BCUT2D eigenvalue weighted by Crippen LogP contribution is 2.29. The molecule has 0 aliphatic carbocycles. The maximum atomic E-state index is 11.2. The number of rotatable bonds is 2. The largest absolute Gasteiger partial charge is 0.370 e. The van der Waals surface area contributed by atoms with Gasteiger partial charge >= 0.3 is 0 Å². The number of hydrogen-bond donors (Lipinski definition) is 1. The monoisotopic (exact) mass is 232 g/mol. The molecule has 92 valence electrons. The van der Waals surface area contributed by atoms with Gasteiger partial charge in [-0.2, -0.15) is 0 Å². The fourth-order valence-corrected chi connectivity index (χ4v) is 2.35. The minimum atomic E-state index is -0.00569. The van der Waals surface area contributed by atoms with Crippen LogP contribution in [0.25, 0.3) is 0 Å². The molecule has 1 amide bonds. The van der Waals surface area contributed by atoms with Crippen LogP contribution < -0.4 is 10.2 Å². The summed E-state index contributed by atoms with van der Waals surface area (Å²) in [4.78, 5) is 13.6. The lowest BCUT2D eigenvalue weighted by molar-refractivity contribution is -0.114. The maximum Gasteiger partial charge on any atom is 0.221 e. The number of anilines is 2. The number of hydrogen-bond acceptors (Lipinski definition) is 2. The Kier molecular flexibility index (Phi) is 3.67. The summed E-state index contributed by atoms with van der Waals surface area (Å²) >= 11 is 0. The Bertz CT molecular complexity index is 409. The lowest BCUT2D eigenvalue weighted by Gasteiger charge is -2.30. The normalized spacial score (nSPS) is 15.8. The Morgan fingerprint density at radius 2 is 1.94 bits per heavy atom. The summed E-state index contributed by atoms with van der Waals surface area (Å²) in [7, 11) is 0. The highest BCUT2D eigenvalue weighted by molar-refractivity contribution is 5.93. The summed E-state index contributed by atoms with van der Waals surface area (Å²) in [6.07, 6.45) is 3.80. The summed E-state index contributed by atoms with van der Waals surface area (Å²) in [5.41, 5.74) is 3.28. The molecule has 0 radical (unpaired) electrons. The van der Waals surface area contributed by atoms with Crippen LogP contribution in [0.4, 0.5) is 11.4 Å². The molecule has 1 fully saturated rings. The highest BCUT2D eigenvalue weighted by Gasteiger charge is 2.14. The van der Waals surface area contributed by atoms with Crippen molar-refractivity contribution in [1.29, 1.82) is 0 Å². The first-order valence-corrected chi connectivity index (χ1v) is 6.30. The van der Waals surface area contributed by atoms with Crippen molar-refractivity contribution in [2.45, 2.75) is 33.1 Å². The van der Waals surface area contributed by atoms with E-state index in [4.69, 9.17) is 0 Å². The maximum absolute atomic E-state index is 11.2. The fraction of sp³-hybridized carbons (Fsp3) is 0.500. The van der Waals surface area contributed by atoms with Gasteiger partial charge in [0.25, 0.3) is 0 Å². The van der Waals surface area contributed by atoms with E-state index in [1.54, 1.807) is 6.92 Å². The van der Waals surface area contributed by atoms with Crippen LogP contribution in [-0.2, 0) is 4.79 Å². The summed E-state index contributed by atoms with van der Waals surface area (Å²) in [5.74, 6) is -0.00569. The number of nitrogens with zero attached hydrogens (tertiary/aromatic N) is 1. The summed E-state index contributed by atoms with van der Waals surface area (Å²) in [5, 5.41) is 2.93. The Morgan fingerprint density at radius 1 is 1.24 bits per heavy atom. The number of benzene rings is 1. The van der Waals surface area contributed by atoms with Crippen LogP contribution in [0.5, 0.6) is 0 Å². The Labute approximate surface area is 103 Å². The Morgan fingerprint density at radius 3 is 2.59 bits per heavy atom. The molecule has 17 heavy (non-hydrogen) atoms. The molecular weight excluding hydrogens is 212 g/mol. The predicted octanol–water partition coefficient (Wildman–Crippen LogP) is 2.94. The third-order valence-corrected chi connectivity index (χ3v) is 3.16. The van der Waals surface area contributed by atoms with Crippen molar-refractivity contribution in [1.82, 2.24) is 0 Å². The average Bonchev–Trinajstić information content (AvgIpc) is 2.29. The molecule has 1 saturated heterocycles. The molecule has 0 atom stereocenters. The van der Waals surface area contributed by atoms with Gasteiger partial charge in [-0.05, 0) is 43.9 Å². The van der Waals surface area contributed by atoms with Crippen LogP contribution in [0.15, 0.2) is 18.2 Å². The van der Waals surface area contributed by atoms with Crippen molar-refractivity contribution < 1.29 is 4.79 Å². The van der Waals surface area contributed by atoms with Gasteiger partial charge in [0.15, 0.2) is 0 Å². The van der Waals surface area contributed by atoms with Crippen molar-refractivity contribution in [3.05, 3.63) is 23.8 Å². The molecule has 0 aromatic heterocycles. The second-order valence-electron chi connectivity index (χ2n) is 4.75. The molecule has 0 unspecified atom stereocenters. The van der Waals surface area contributed by atoms with Crippen molar-refractivity contribution >= 4 is 17.3 Å². The zero-order valence-electron chi connectivity index (χ0n) is 10.6. The van der Waals surface area contributed by atoms with Gasteiger partial charge in [-0.15, -0.1) is 0 Å². The van der Waals surface area contributed by atoms with Crippen LogP contribution >= 0.6 is 0 Å². The molecule has 3 nitrogen and oxygen atoms in total.